The number of amidine groups is 2. The molecule has 4 aromatic rings. The van der Waals surface area contributed by atoms with Gasteiger partial charge >= 0.3 is 11.9 Å². The number of benzene rings is 2. The van der Waals surface area contributed by atoms with Crippen LogP contribution in [0.1, 0.15) is 59.9 Å². The lowest BCUT2D eigenvalue weighted by atomic mass is 9.94. The molecule has 58 heavy (non-hydrogen) atoms. The third-order valence-electron chi connectivity index (χ3n) is 9.64. The number of aliphatic imine (C=N–C) groups is 2. The number of carbonyl (C=O) groups is 2. The Kier molecular flexibility index (Phi) is 12.3. The van der Waals surface area contributed by atoms with E-state index in [1.165, 1.54) is 59.1 Å². The van der Waals surface area contributed by atoms with Crippen LogP contribution in [-0.4, -0.2) is 69.7 Å². The standard InChI is InChI=1S/2C20H16ClFN4O2S/c2*1-2-28-20(27)16-15-7-11(9-23)10-26(15)18(19-24-5-6-29-19)25-17(16)13-4-3-12(22)8-14(13)21/h2*3-6,8,11,17H,2,7,10H2,1H3/t11-,17+;11-,17-/m10/s1. The molecule has 0 N–H and O–H groups in total. The van der Waals surface area contributed by atoms with Gasteiger partial charge in [0, 0.05) is 81.7 Å². The molecular formula is C40H32Cl2F2N8O4S2. The summed E-state index contributed by atoms with van der Waals surface area (Å²) >= 11 is 15.5. The van der Waals surface area contributed by atoms with Crippen LogP contribution in [0.2, 0.25) is 10.0 Å². The van der Waals surface area contributed by atoms with Crippen molar-refractivity contribution in [1.82, 2.24) is 19.8 Å². The van der Waals surface area contributed by atoms with E-state index >= 15 is 0 Å². The van der Waals surface area contributed by atoms with Gasteiger partial charge in [0.15, 0.2) is 21.7 Å². The molecule has 4 aliphatic heterocycles. The van der Waals surface area contributed by atoms with E-state index in [2.05, 4.69) is 22.1 Å². The van der Waals surface area contributed by atoms with Gasteiger partial charge in [-0.25, -0.2) is 28.3 Å². The maximum atomic E-state index is 13.6. The van der Waals surface area contributed by atoms with Gasteiger partial charge in [-0.05, 0) is 38.1 Å². The van der Waals surface area contributed by atoms with Gasteiger partial charge in [0.2, 0.25) is 0 Å². The van der Waals surface area contributed by atoms with Gasteiger partial charge in [-0.2, -0.15) is 10.5 Å². The van der Waals surface area contributed by atoms with Crippen LogP contribution in [0.15, 0.2) is 92.1 Å². The summed E-state index contributed by atoms with van der Waals surface area (Å²) in [5.74, 6) is -1.41. The summed E-state index contributed by atoms with van der Waals surface area (Å²) in [5, 5.41) is 24.3. The topological polar surface area (TPSA) is 157 Å². The summed E-state index contributed by atoms with van der Waals surface area (Å²) in [7, 11) is 0. The minimum Gasteiger partial charge on any atom is -0.463 e. The Balaban J connectivity index is 0.000000177. The van der Waals surface area contributed by atoms with Crippen LogP contribution in [-0.2, 0) is 19.1 Å². The zero-order chi connectivity index (χ0) is 41.1. The number of hydrogen-bond acceptors (Lipinski definition) is 14. The molecule has 4 aliphatic rings. The summed E-state index contributed by atoms with van der Waals surface area (Å²) < 4.78 is 37.8. The molecule has 0 radical (unpaired) electrons. The van der Waals surface area contributed by atoms with Crippen LogP contribution in [0.5, 0.6) is 0 Å². The van der Waals surface area contributed by atoms with Crippen LogP contribution < -0.4 is 0 Å². The third-order valence-corrected chi connectivity index (χ3v) is 11.8. The first-order chi connectivity index (χ1) is 28.1. The maximum absolute atomic E-state index is 13.6. The average Bonchev–Trinajstić information content (AvgIpc) is 4.05. The van der Waals surface area contributed by atoms with Crippen LogP contribution in [0.3, 0.4) is 0 Å². The number of esters is 2. The molecule has 18 heteroatoms. The minimum absolute atomic E-state index is 0.169. The van der Waals surface area contributed by atoms with Crippen molar-refractivity contribution in [2.45, 2.75) is 38.8 Å². The average molecular weight is 862 g/mol. The Morgan fingerprint density at radius 1 is 0.759 bits per heavy atom. The van der Waals surface area contributed by atoms with E-state index in [-0.39, 0.29) is 35.1 Å². The van der Waals surface area contributed by atoms with Crippen LogP contribution in [0, 0.1) is 46.1 Å². The van der Waals surface area contributed by atoms with Gasteiger partial charge < -0.3 is 19.3 Å². The van der Waals surface area contributed by atoms with Gasteiger partial charge in [0.25, 0.3) is 0 Å². The van der Waals surface area contributed by atoms with E-state index in [4.69, 9.17) is 42.7 Å². The third kappa shape index (κ3) is 7.98. The highest BCUT2D eigenvalue weighted by atomic mass is 35.5. The predicted molar refractivity (Wildman–Crippen MR) is 214 cm³/mol. The van der Waals surface area contributed by atoms with Crippen molar-refractivity contribution in [3.63, 3.8) is 0 Å². The van der Waals surface area contributed by atoms with Crippen molar-refractivity contribution in [1.29, 1.82) is 10.5 Å². The normalized spacial score (nSPS) is 20.9. The predicted octanol–water partition coefficient (Wildman–Crippen LogP) is 8.20. The first kappa shape index (κ1) is 40.7. The Morgan fingerprint density at radius 2 is 1.17 bits per heavy atom. The highest BCUT2D eigenvalue weighted by Gasteiger charge is 2.44. The summed E-state index contributed by atoms with van der Waals surface area (Å²) in [6.07, 6.45) is 4.13. The molecule has 296 valence electrons. The fraction of sp³-hybridized carbons (Fsp3) is 0.300. The maximum Gasteiger partial charge on any atom is 0.338 e. The first-order valence-electron chi connectivity index (χ1n) is 18.1. The number of hydrogen-bond donors (Lipinski definition) is 0. The quantitative estimate of drug-likeness (QED) is 0.158. The molecule has 2 aromatic heterocycles. The number of nitriles is 2. The number of rotatable bonds is 8. The summed E-state index contributed by atoms with van der Waals surface area (Å²) in [4.78, 5) is 47.8. The second-order valence-corrected chi connectivity index (χ2v) is 15.8. The lowest BCUT2D eigenvalue weighted by Crippen LogP contribution is -2.35. The molecule has 0 amide bonds. The molecule has 0 aliphatic carbocycles. The molecule has 2 aromatic carbocycles. The van der Waals surface area contributed by atoms with Gasteiger partial charge in [-0.1, -0.05) is 35.3 Å². The molecule has 0 bridgehead atoms. The molecule has 0 spiro atoms. The van der Waals surface area contributed by atoms with Gasteiger partial charge in [0.1, 0.15) is 23.7 Å². The molecule has 0 saturated carbocycles. The number of nitrogens with zero attached hydrogens (tertiary/aromatic N) is 8. The van der Waals surface area contributed by atoms with Crippen LogP contribution in [0.25, 0.3) is 0 Å². The van der Waals surface area contributed by atoms with Crippen molar-refractivity contribution in [3.05, 3.63) is 125 Å². The van der Waals surface area contributed by atoms with E-state index in [1.807, 2.05) is 20.6 Å². The Morgan fingerprint density at radius 3 is 1.50 bits per heavy atom. The number of aromatic nitrogens is 2. The zero-order valence-corrected chi connectivity index (χ0v) is 34.0. The fourth-order valence-corrected chi connectivity index (χ4v) is 9.02. The number of fused-ring (bicyclic) bond motifs is 2. The number of carbonyl (C=O) groups excluding carboxylic acids is 2. The minimum atomic E-state index is -0.773. The Bertz CT molecular complexity index is 2290. The molecule has 12 nitrogen and oxygen atoms in total. The van der Waals surface area contributed by atoms with Gasteiger partial charge in [-0.3, -0.25) is 9.98 Å². The van der Waals surface area contributed by atoms with Gasteiger partial charge in [0.05, 0.1) is 48.3 Å². The molecule has 4 atom stereocenters. The number of thiazole rings is 2. The van der Waals surface area contributed by atoms with Crippen LogP contribution >= 0.6 is 45.9 Å². The van der Waals surface area contributed by atoms with E-state index in [0.29, 0.717) is 81.3 Å². The SMILES string of the molecule is CCOC(=O)C1=C2C[C@@H](C#N)CN2C(c2nccs2)=N[C@H]1c1ccc(F)cc1Cl.CCOC(=O)C1=C2C[C@H](C#N)CN2C(c2nccs2)=N[C@H]1c1ccc(F)cc1Cl. The second-order valence-electron chi connectivity index (χ2n) is 13.2. The van der Waals surface area contributed by atoms with Crippen LogP contribution in [0.4, 0.5) is 8.78 Å². The van der Waals surface area contributed by atoms with Crippen molar-refractivity contribution in [2.75, 3.05) is 26.3 Å². The van der Waals surface area contributed by atoms with Gasteiger partial charge in [-0.15, -0.1) is 22.7 Å². The van der Waals surface area contributed by atoms with E-state index < -0.39 is 35.7 Å². The lowest BCUT2D eigenvalue weighted by Gasteiger charge is -2.31. The number of halogens is 4. The van der Waals surface area contributed by atoms with Crippen molar-refractivity contribution < 1.29 is 27.8 Å². The molecule has 0 unspecified atom stereocenters. The molecule has 2 fully saturated rings. The highest BCUT2D eigenvalue weighted by molar-refractivity contribution is 7.12. The Hall–Kier alpha value is -5.52. The van der Waals surface area contributed by atoms with E-state index in [0.717, 1.165) is 0 Å². The monoisotopic (exact) mass is 860 g/mol. The number of ether oxygens (including phenoxy) is 2. The summed E-state index contributed by atoms with van der Waals surface area (Å²) in [6.45, 7) is 4.67. The summed E-state index contributed by atoms with van der Waals surface area (Å²) in [6, 6.07) is 11.0. The van der Waals surface area contributed by atoms with Crippen molar-refractivity contribution in [2.24, 2.45) is 21.8 Å². The highest BCUT2D eigenvalue weighted by Crippen LogP contribution is 2.45. The largest absolute Gasteiger partial charge is 0.463 e. The lowest BCUT2D eigenvalue weighted by molar-refractivity contribution is -0.140. The summed E-state index contributed by atoms with van der Waals surface area (Å²) in [5.41, 5.74) is 3.02. The number of allylic oxidation sites excluding steroid dienone is 2. The molecule has 2 saturated heterocycles. The zero-order valence-electron chi connectivity index (χ0n) is 30.9. The van der Waals surface area contributed by atoms with E-state index in [1.54, 1.807) is 26.2 Å². The van der Waals surface area contributed by atoms with E-state index in [9.17, 15) is 28.9 Å². The van der Waals surface area contributed by atoms with Crippen molar-refractivity contribution in [3.8, 4) is 12.1 Å². The first-order valence-corrected chi connectivity index (χ1v) is 20.6. The molecular weight excluding hydrogens is 830 g/mol. The smallest absolute Gasteiger partial charge is 0.338 e. The molecule has 6 heterocycles. The molecule has 8 rings (SSSR count). The fourth-order valence-electron chi connectivity index (χ4n) is 7.20. The van der Waals surface area contributed by atoms with Crippen molar-refractivity contribution >= 4 is 69.5 Å². The second kappa shape index (κ2) is 17.5. The Labute approximate surface area is 350 Å².